The van der Waals surface area contributed by atoms with Gasteiger partial charge in [0.25, 0.3) is 0 Å². The molecule has 0 aliphatic heterocycles. The first-order valence-corrected chi connectivity index (χ1v) is 8.58. The highest BCUT2D eigenvalue weighted by Gasteiger charge is 2.90. The maximum atomic E-state index is 14.2. The second-order valence-electron chi connectivity index (χ2n) is 6.62. The Morgan fingerprint density at radius 2 is 1.06 bits per heavy atom. The predicted octanol–water partition coefficient (Wildman–Crippen LogP) is 7.44. The molecule has 0 saturated carbocycles. The number of rotatable bonds is 8. The van der Waals surface area contributed by atoms with E-state index in [1.807, 2.05) is 0 Å². The maximum Gasteiger partial charge on any atom is 0.460 e. The summed E-state index contributed by atoms with van der Waals surface area (Å²) in [5, 5.41) is 0. The zero-order valence-electron chi connectivity index (χ0n) is 15.2. The standard InChI is InChI=1S/C16H12BrF13O/c1-10(31-2,8-3-5-9(17)6-4-8)7-11(18,19)12(20,21)13(22,23)14(24,25)15(26,27)16(28,29)30/h3-6H,7H2,1-2H3. The quantitative estimate of drug-likeness (QED) is 0.308. The van der Waals surface area contributed by atoms with Gasteiger partial charge in [-0.15, -0.1) is 0 Å². The first-order valence-electron chi connectivity index (χ1n) is 7.79. The molecular formula is C16H12BrF13O. The van der Waals surface area contributed by atoms with Gasteiger partial charge in [0.2, 0.25) is 0 Å². The van der Waals surface area contributed by atoms with Crippen molar-refractivity contribution >= 4 is 15.9 Å². The van der Waals surface area contributed by atoms with E-state index in [0.29, 0.717) is 18.5 Å². The van der Waals surface area contributed by atoms with Gasteiger partial charge < -0.3 is 4.74 Å². The van der Waals surface area contributed by atoms with Gasteiger partial charge in [-0.1, -0.05) is 28.1 Å². The summed E-state index contributed by atoms with van der Waals surface area (Å²) in [4.78, 5) is 0. The van der Waals surface area contributed by atoms with Crippen LogP contribution in [0.25, 0.3) is 0 Å². The fourth-order valence-electron chi connectivity index (χ4n) is 2.43. The van der Waals surface area contributed by atoms with Crippen molar-refractivity contribution < 1.29 is 61.8 Å². The van der Waals surface area contributed by atoms with E-state index in [-0.39, 0.29) is 5.56 Å². The molecule has 0 spiro atoms. The summed E-state index contributed by atoms with van der Waals surface area (Å²) in [7, 11) is 0.667. The number of benzene rings is 1. The van der Waals surface area contributed by atoms with Crippen molar-refractivity contribution in [2.45, 2.75) is 54.7 Å². The van der Waals surface area contributed by atoms with Crippen LogP contribution >= 0.6 is 15.9 Å². The van der Waals surface area contributed by atoms with Crippen molar-refractivity contribution in [2.24, 2.45) is 0 Å². The molecule has 0 N–H and O–H groups in total. The lowest BCUT2D eigenvalue weighted by molar-refractivity contribution is -0.441. The lowest BCUT2D eigenvalue weighted by Crippen LogP contribution is -2.70. The van der Waals surface area contributed by atoms with Crippen LogP contribution in [0.15, 0.2) is 28.7 Å². The van der Waals surface area contributed by atoms with Crippen LogP contribution in [0.1, 0.15) is 18.9 Å². The Labute approximate surface area is 174 Å². The molecule has 0 aliphatic carbocycles. The van der Waals surface area contributed by atoms with Crippen molar-refractivity contribution in [3.05, 3.63) is 34.3 Å². The van der Waals surface area contributed by atoms with Crippen LogP contribution in [-0.2, 0) is 10.3 Å². The summed E-state index contributed by atoms with van der Waals surface area (Å²) in [6.45, 7) is 0.667. The van der Waals surface area contributed by atoms with E-state index in [2.05, 4.69) is 20.7 Å². The van der Waals surface area contributed by atoms with Crippen LogP contribution in [-0.4, -0.2) is 42.9 Å². The molecule has 0 saturated heterocycles. The topological polar surface area (TPSA) is 9.23 Å². The zero-order valence-corrected chi connectivity index (χ0v) is 16.8. The molecule has 0 fully saturated rings. The molecule has 1 aromatic carbocycles. The van der Waals surface area contributed by atoms with Crippen LogP contribution in [0, 0.1) is 0 Å². The van der Waals surface area contributed by atoms with Crippen molar-refractivity contribution in [3.63, 3.8) is 0 Å². The molecule has 1 aromatic rings. The number of methoxy groups -OCH3 is 1. The third-order valence-electron chi connectivity index (χ3n) is 4.46. The van der Waals surface area contributed by atoms with Gasteiger partial charge in [-0.2, -0.15) is 57.1 Å². The molecule has 15 heteroatoms. The number of ether oxygens (including phenoxy) is 1. The van der Waals surface area contributed by atoms with Crippen LogP contribution in [0.4, 0.5) is 57.1 Å². The van der Waals surface area contributed by atoms with Crippen molar-refractivity contribution in [3.8, 4) is 0 Å². The van der Waals surface area contributed by atoms with Crippen molar-refractivity contribution in [2.75, 3.05) is 7.11 Å². The van der Waals surface area contributed by atoms with Gasteiger partial charge in [0, 0.05) is 11.6 Å². The fourth-order valence-corrected chi connectivity index (χ4v) is 2.70. The number of hydrogen-bond donors (Lipinski definition) is 0. The average Bonchev–Trinajstić information content (AvgIpc) is 2.60. The Morgan fingerprint density at radius 1 is 0.677 bits per heavy atom. The Balaban J connectivity index is 3.49. The molecule has 1 nitrogen and oxygen atoms in total. The van der Waals surface area contributed by atoms with Gasteiger partial charge in [0.05, 0.1) is 12.0 Å². The minimum atomic E-state index is -7.92. The van der Waals surface area contributed by atoms with E-state index in [1.54, 1.807) is 0 Å². The molecule has 31 heavy (non-hydrogen) atoms. The van der Waals surface area contributed by atoms with Gasteiger partial charge >= 0.3 is 35.8 Å². The normalized spacial score (nSPS) is 16.9. The first kappa shape index (κ1) is 27.8. The zero-order chi connectivity index (χ0) is 24.9. The Bertz CT molecular complexity index is 773. The second-order valence-corrected chi connectivity index (χ2v) is 7.53. The third-order valence-corrected chi connectivity index (χ3v) is 4.99. The molecule has 180 valence electrons. The SMILES string of the molecule is COC(C)(CC(F)(F)C(F)(F)C(F)(F)C(F)(F)C(F)(F)C(F)(F)F)c1ccc(Br)cc1. The smallest absolute Gasteiger partial charge is 0.374 e. The number of hydrogen-bond acceptors (Lipinski definition) is 1. The lowest BCUT2D eigenvalue weighted by Gasteiger charge is -2.42. The summed E-state index contributed by atoms with van der Waals surface area (Å²) in [6.07, 6.45) is -9.92. The fraction of sp³-hybridized carbons (Fsp3) is 0.625. The van der Waals surface area contributed by atoms with Gasteiger partial charge in [0.15, 0.2) is 0 Å². The van der Waals surface area contributed by atoms with Crippen LogP contribution in [0.5, 0.6) is 0 Å². The molecule has 0 heterocycles. The number of halogens is 14. The van der Waals surface area contributed by atoms with Gasteiger partial charge in [0.1, 0.15) is 0 Å². The van der Waals surface area contributed by atoms with Crippen molar-refractivity contribution in [1.29, 1.82) is 0 Å². The van der Waals surface area contributed by atoms with Crippen LogP contribution in [0.2, 0.25) is 0 Å². The Hall–Kier alpha value is -1.25. The lowest BCUT2D eigenvalue weighted by atomic mass is 9.84. The molecule has 0 aromatic heterocycles. The summed E-state index contributed by atoms with van der Waals surface area (Å²) >= 11 is 2.96. The van der Waals surface area contributed by atoms with Crippen LogP contribution < -0.4 is 0 Å². The Kier molecular flexibility index (Phi) is 7.13. The van der Waals surface area contributed by atoms with E-state index in [4.69, 9.17) is 0 Å². The minimum absolute atomic E-state index is 0.343. The monoisotopic (exact) mass is 546 g/mol. The summed E-state index contributed by atoms with van der Waals surface area (Å²) in [5.41, 5.74) is -2.91. The van der Waals surface area contributed by atoms with E-state index < -0.39 is 47.8 Å². The summed E-state index contributed by atoms with van der Waals surface area (Å²) < 4.78 is 177. The number of alkyl halides is 13. The molecule has 0 amide bonds. The largest absolute Gasteiger partial charge is 0.460 e. The first-order chi connectivity index (χ1) is 13.5. The van der Waals surface area contributed by atoms with E-state index in [9.17, 15) is 57.1 Å². The van der Waals surface area contributed by atoms with Crippen LogP contribution in [0.3, 0.4) is 0 Å². The van der Waals surface area contributed by atoms with E-state index in [1.165, 1.54) is 12.1 Å². The molecule has 1 unspecified atom stereocenters. The summed E-state index contributed by atoms with van der Waals surface area (Å²) in [5.74, 6) is -37.1. The third kappa shape index (κ3) is 4.35. The molecule has 1 atom stereocenters. The van der Waals surface area contributed by atoms with Crippen molar-refractivity contribution in [1.82, 2.24) is 0 Å². The summed E-state index contributed by atoms with van der Waals surface area (Å²) in [6, 6.07) is 4.39. The van der Waals surface area contributed by atoms with E-state index in [0.717, 1.165) is 12.1 Å². The highest BCUT2D eigenvalue weighted by Crippen LogP contribution is 2.61. The maximum absolute atomic E-state index is 14.2. The average molecular weight is 547 g/mol. The van der Waals surface area contributed by atoms with Gasteiger partial charge in [-0.05, 0) is 24.6 Å². The van der Waals surface area contributed by atoms with Gasteiger partial charge in [-0.3, -0.25) is 0 Å². The highest BCUT2D eigenvalue weighted by molar-refractivity contribution is 9.10. The Morgan fingerprint density at radius 3 is 1.42 bits per heavy atom. The highest BCUT2D eigenvalue weighted by atomic mass is 79.9. The molecule has 0 aliphatic rings. The van der Waals surface area contributed by atoms with Gasteiger partial charge in [-0.25, -0.2) is 0 Å². The predicted molar refractivity (Wildman–Crippen MR) is 83.9 cm³/mol. The molecule has 0 bridgehead atoms. The molecule has 0 radical (unpaired) electrons. The minimum Gasteiger partial charge on any atom is -0.374 e. The molecular weight excluding hydrogens is 535 g/mol. The van der Waals surface area contributed by atoms with E-state index >= 15 is 0 Å². The second kappa shape index (κ2) is 7.96. The molecule has 1 rings (SSSR count).